The number of methoxy groups -OCH3 is 1. The van der Waals surface area contributed by atoms with Gasteiger partial charge >= 0.3 is 11.9 Å². The number of H-pyrrole nitrogens is 1. The van der Waals surface area contributed by atoms with Crippen molar-refractivity contribution in [2.45, 2.75) is 12.8 Å². The minimum atomic E-state index is -0.555. The lowest BCUT2D eigenvalue weighted by molar-refractivity contribution is -0.156. The van der Waals surface area contributed by atoms with E-state index in [1.54, 1.807) is 0 Å². The first-order valence-corrected chi connectivity index (χ1v) is 5.98. The first kappa shape index (κ1) is 13.1. The van der Waals surface area contributed by atoms with Gasteiger partial charge in [0.1, 0.15) is 0 Å². The average Bonchev–Trinajstić information content (AvgIpc) is 2.85. The lowest BCUT2D eigenvalue weighted by atomic mass is 10.1. The molecule has 0 spiro atoms. The molecule has 0 radical (unpaired) electrons. The van der Waals surface area contributed by atoms with Crippen LogP contribution in [0.4, 0.5) is 0 Å². The van der Waals surface area contributed by atoms with Gasteiger partial charge in [-0.1, -0.05) is 18.2 Å². The fourth-order valence-corrected chi connectivity index (χ4v) is 1.85. The van der Waals surface area contributed by atoms with Crippen LogP contribution in [0.2, 0.25) is 0 Å². The molecule has 0 aliphatic carbocycles. The van der Waals surface area contributed by atoms with E-state index in [4.69, 9.17) is 4.74 Å². The summed E-state index contributed by atoms with van der Waals surface area (Å²) in [4.78, 5) is 25.4. The van der Waals surface area contributed by atoms with Crippen molar-refractivity contribution in [2.24, 2.45) is 0 Å². The van der Waals surface area contributed by atoms with E-state index in [2.05, 4.69) is 9.72 Å². The first-order valence-electron chi connectivity index (χ1n) is 5.98. The van der Waals surface area contributed by atoms with Crippen molar-refractivity contribution in [2.75, 3.05) is 13.7 Å². The Labute approximate surface area is 110 Å². The smallest absolute Gasteiger partial charge is 0.344 e. The van der Waals surface area contributed by atoms with Crippen molar-refractivity contribution >= 4 is 22.8 Å². The number of carbonyl (C=O) groups excluding carboxylic acids is 2. The van der Waals surface area contributed by atoms with Crippen LogP contribution < -0.4 is 0 Å². The lowest BCUT2D eigenvalue weighted by Gasteiger charge is -2.03. The second-order valence-electron chi connectivity index (χ2n) is 4.10. The molecule has 1 aromatic heterocycles. The maximum atomic E-state index is 11.5. The Morgan fingerprint density at radius 1 is 1.21 bits per heavy atom. The van der Waals surface area contributed by atoms with Gasteiger partial charge in [0.25, 0.3) is 0 Å². The Balaban J connectivity index is 1.88. The number of hydrogen-bond acceptors (Lipinski definition) is 4. The maximum Gasteiger partial charge on any atom is 0.344 e. The van der Waals surface area contributed by atoms with Crippen LogP contribution in [0.1, 0.15) is 12.0 Å². The maximum absolute atomic E-state index is 11.5. The molecule has 2 rings (SSSR count). The van der Waals surface area contributed by atoms with Gasteiger partial charge in [0.2, 0.25) is 0 Å². The number of esters is 2. The lowest BCUT2D eigenvalue weighted by Crippen LogP contribution is -2.15. The van der Waals surface area contributed by atoms with Crippen LogP contribution in [0, 0.1) is 0 Å². The van der Waals surface area contributed by atoms with Crippen LogP contribution in [0.5, 0.6) is 0 Å². The summed E-state index contributed by atoms with van der Waals surface area (Å²) in [6.07, 6.45) is 2.70. The van der Waals surface area contributed by atoms with E-state index in [9.17, 15) is 9.59 Å². The van der Waals surface area contributed by atoms with Gasteiger partial charge in [0.05, 0.1) is 7.11 Å². The monoisotopic (exact) mass is 261 g/mol. The molecule has 1 aromatic carbocycles. The number of rotatable bonds is 5. The Hall–Kier alpha value is -2.30. The molecular weight excluding hydrogens is 246 g/mol. The van der Waals surface area contributed by atoms with Gasteiger partial charge in [-0.05, 0) is 18.1 Å². The molecule has 0 amide bonds. The van der Waals surface area contributed by atoms with Gasteiger partial charge in [0.15, 0.2) is 6.61 Å². The van der Waals surface area contributed by atoms with E-state index in [0.29, 0.717) is 6.42 Å². The molecule has 1 heterocycles. The number of aryl methyl sites for hydroxylation is 1. The summed E-state index contributed by atoms with van der Waals surface area (Å²) < 4.78 is 9.17. The third-order valence-electron chi connectivity index (χ3n) is 2.85. The number of fused-ring (bicyclic) bond motifs is 1. The van der Waals surface area contributed by atoms with E-state index in [-0.39, 0.29) is 13.0 Å². The Kier molecular flexibility index (Phi) is 4.18. The number of aromatic nitrogens is 1. The number of benzene rings is 1. The molecule has 0 saturated heterocycles. The summed E-state index contributed by atoms with van der Waals surface area (Å²) in [6.45, 7) is -0.330. The molecule has 19 heavy (non-hydrogen) atoms. The minimum absolute atomic E-state index is 0.235. The van der Waals surface area contributed by atoms with Gasteiger partial charge in [-0.2, -0.15) is 0 Å². The van der Waals surface area contributed by atoms with Gasteiger partial charge < -0.3 is 14.5 Å². The number of ether oxygens (including phenoxy) is 2. The van der Waals surface area contributed by atoms with Crippen molar-refractivity contribution in [3.63, 3.8) is 0 Å². The summed E-state index contributed by atoms with van der Waals surface area (Å²) in [6, 6.07) is 7.89. The van der Waals surface area contributed by atoms with Crippen LogP contribution in [0.25, 0.3) is 10.9 Å². The fourth-order valence-electron chi connectivity index (χ4n) is 1.85. The van der Waals surface area contributed by atoms with Crippen LogP contribution >= 0.6 is 0 Å². The second-order valence-corrected chi connectivity index (χ2v) is 4.10. The highest BCUT2D eigenvalue weighted by Crippen LogP contribution is 2.18. The van der Waals surface area contributed by atoms with Crippen molar-refractivity contribution in [3.8, 4) is 0 Å². The number of hydrogen-bond donors (Lipinski definition) is 1. The standard InChI is InChI=1S/C14H15NO4/c1-18-14(17)9-19-13(16)7-6-10-8-15-12-5-3-2-4-11(10)12/h2-5,8,15H,6-7,9H2,1H3. The third kappa shape index (κ3) is 3.34. The molecule has 100 valence electrons. The topological polar surface area (TPSA) is 68.4 Å². The quantitative estimate of drug-likeness (QED) is 0.833. The van der Waals surface area contributed by atoms with E-state index in [1.165, 1.54) is 7.11 Å². The van der Waals surface area contributed by atoms with Crippen LogP contribution in [0.15, 0.2) is 30.5 Å². The average molecular weight is 261 g/mol. The van der Waals surface area contributed by atoms with Crippen molar-refractivity contribution in [1.82, 2.24) is 4.98 Å². The van der Waals surface area contributed by atoms with Crippen LogP contribution in [0.3, 0.4) is 0 Å². The zero-order valence-electron chi connectivity index (χ0n) is 10.6. The zero-order chi connectivity index (χ0) is 13.7. The second kappa shape index (κ2) is 6.04. The molecule has 5 nitrogen and oxygen atoms in total. The van der Waals surface area contributed by atoms with Gasteiger partial charge in [-0.15, -0.1) is 0 Å². The predicted octanol–water partition coefficient (Wildman–Crippen LogP) is 1.82. The Bertz CT molecular complexity index is 588. The van der Waals surface area contributed by atoms with Crippen molar-refractivity contribution in [3.05, 3.63) is 36.0 Å². The molecule has 0 fully saturated rings. The molecule has 0 saturated carbocycles. The molecule has 2 aromatic rings. The third-order valence-corrected chi connectivity index (χ3v) is 2.85. The van der Waals surface area contributed by atoms with E-state index in [1.807, 2.05) is 30.5 Å². The van der Waals surface area contributed by atoms with Gasteiger partial charge in [-0.3, -0.25) is 4.79 Å². The fraction of sp³-hybridized carbons (Fsp3) is 0.286. The highest BCUT2D eigenvalue weighted by molar-refractivity contribution is 5.83. The Morgan fingerprint density at radius 2 is 2.00 bits per heavy atom. The molecular formula is C14H15NO4. The van der Waals surface area contributed by atoms with Crippen molar-refractivity contribution < 1.29 is 19.1 Å². The zero-order valence-corrected chi connectivity index (χ0v) is 10.6. The number of para-hydroxylation sites is 1. The first-order chi connectivity index (χ1) is 9.20. The van der Waals surface area contributed by atoms with E-state index < -0.39 is 11.9 Å². The minimum Gasteiger partial charge on any atom is -0.466 e. The summed E-state index contributed by atoms with van der Waals surface area (Å²) >= 11 is 0. The molecule has 5 heteroatoms. The molecule has 1 N–H and O–H groups in total. The number of carbonyl (C=O) groups is 2. The summed E-state index contributed by atoms with van der Waals surface area (Å²) in [7, 11) is 1.25. The summed E-state index contributed by atoms with van der Waals surface area (Å²) in [5, 5.41) is 1.10. The van der Waals surface area contributed by atoms with E-state index >= 15 is 0 Å². The molecule has 0 atom stereocenters. The molecule has 0 bridgehead atoms. The predicted molar refractivity (Wildman–Crippen MR) is 69.6 cm³/mol. The number of nitrogens with one attached hydrogen (secondary N) is 1. The normalized spacial score (nSPS) is 10.4. The molecule has 0 unspecified atom stereocenters. The van der Waals surface area contributed by atoms with Crippen LogP contribution in [-0.4, -0.2) is 30.6 Å². The van der Waals surface area contributed by atoms with Gasteiger partial charge in [-0.25, -0.2) is 4.79 Å². The number of aromatic amines is 1. The molecule has 0 aliphatic heterocycles. The van der Waals surface area contributed by atoms with Crippen molar-refractivity contribution in [1.29, 1.82) is 0 Å². The highest BCUT2D eigenvalue weighted by atomic mass is 16.6. The molecule has 0 aliphatic rings. The largest absolute Gasteiger partial charge is 0.466 e. The SMILES string of the molecule is COC(=O)COC(=O)CCc1c[nH]c2ccccc12. The van der Waals surface area contributed by atoms with E-state index in [0.717, 1.165) is 16.5 Å². The highest BCUT2D eigenvalue weighted by Gasteiger charge is 2.09. The summed E-state index contributed by atoms with van der Waals surface area (Å²) in [5.41, 5.74) is 2.10. The van der Waals surface area contributed by atoms with Crippen LogP contribution in [-0.2, 0) is 25.5 Å². The summed E-state index contributed by atoms with van der Waals surface area (Å²) in [5.74, 6) is -0.962. The van der Waals surface area contributed by atoms with Gasteiger partial charge in [0, 0.05) is 23.5 Å². The Morgan fingerprint density at radius 3 is 2.79 bits per heavy atom.